The van der Waals surface area contributed by atoms with Gasteiger partial charge in [-0.2, -0.15) is 5.10 Å². The molecular formula is C16H20N4. The van der Waals surface area contributed by atoms with Crippen molar-refractivity contribution < 1.29 is 0 Å². The molecule has 20 heavy (non-hydrogen) atoms. The van der Waals surface area contributed by atoms with E-state index in [2.05, 4.69) is 65.1 Å². The molecule has 0 atom stereocenters. The first-order chi connectivity index (χ1) is 9.69. The third kappa shape index (κ3) is 2.18. The van der Waals surface area contributed by atoms with Gasteiger partial charge in [-0.05, 0) is 50.6 Å². The van der Waals surface area contributed by atoms with Gasteiger partial charge < -0.3 is 9.88 Å². The quantitative estimate of drug-likeness (QED) is 0.759. The molecule has 0 bridgehead atoms. The minimum atomic E-state index is 0.847. The van der Waals surface area contributed by atoms with E-state index in [0.29, 0.717) is 0 Å². The molecule has 2 N–H and O–H groups in total. The number of H-pyrrole nitrogens is 1. The molecule has 4 heteroatoms. The minimum absolute atomic E-state index is 0.847. The second-order valence-corrected chi connectivity index (χ2v) is 5.17. The molecule has 3 rings (SSSR count). The van der Waals surface area contributed by atoms with Crippen LogP contribution in [0.3, 0.4) is 0 Å². The van der Waals surface area contributed by atoms with Crippen LogP contribution in [0.15, 0.2) is 30.5 Å². The fraction of sp³-hybridized carbons (Fsp3) is 0.312. The summed E-state index contributed by atoms with van der Waals surface area (Å²) in [6.07, 6.45) is 1.84. The van der Waals surface area contributed by atoms with E-state index >= 15 is 0 Å². The second kappa shape index (κ2) is 5.04. The fourth-order valence-corrected chi connectivity index (χ4v) is 2.78. The van der Waals surface area contributed by atoms with E-state index in [0.717, 1.165) is 29.7 Å². The smallest absolute Gasteiger partial charge is 0.0670 e. The highest BCUT2D eigenvalue weighted by molar-refractivity contribution is 5.81. The van der Waals surface area contributed by atoms with Crippen LogP contribution in [0.1, 0.15) is 23.9 Å². The van der Waals surface area contributed by atoms with Crippen LogP contribution in [0.5, 0.6) is 0 Å². The van der Waals surface area contributed by atoms with Gasteiger partial charge in [0, 0.05) is 35.6 Å². The van der Waals surface area contributed by atoms with Crippen LogP contribution in [-0.4, -0.2) is 14.8 Å². The zero-order valence-corrected chi connectivity index (χ0v) is 12.2. The molecule has 0 unspecified atom stereocenters. The summed E-state index contributed by atoms with van der Waals surface area (Å²) in [6, 6.07) is 8.54. The first-order valence-corrected chi connectivity index (χ1v) is 7.01. The Balaban J connectivity index is 1.78. The zero-order chi connectivity index (χ0) is 14.1. The molecule has 3 aromatic rings. The molecule has 0 saturated heterocycles. The lowest BCUT2D eigenvalue weighted by Crippen LogP contribution is -2.03. The monoisotopic (exact) mass is 268 g/mol. The first-order valence-electron chi connectivity index (χ1n) is 7.01. The van der Waals surface area contributed by atoms with E-state index in [9.17, 15) is 0 Å². The summed E-state index contributed by atoms with van der Waals surface area (Å²) in [7, 11) is 0. The Morgan fingerprint density at radius 3 is 2.85 bits per heavy atom. The van der Waals surface area contributed by atoms with E-state index in [4.69, 9.17) is 0 Å². The number of rotatable bonds is 4. The van der Waals surface area contributed by atoms with Crippen molar-refractivity contribution in [2.24, 2.45) is 0 Å². The number of fused-ring (bicyclic) bond motifs is 1. The lowest BCUT2D eigenvalue weighted by Gasteiger charge is -2.08. The summed E-state index contributed by atoms with van der Waals surface area (Å²) in [5.41, 5.74) is 6.21. The van der Waals surface area contributed by atoms with Crippen LogP contribution in [-0.2, 0) is 13.1 Å². The molecule has 0 saturated carbocycles. The van der Waals surface area contributed by atoms with E-state index in [1.807, 2.05) is 6.20 Å². The summed E-state index contributed by atoms with van der Waals surface area (Å²) in [4.78, 5) is 0. The Morgan fingerprint density at radius 2 is 2.10 bits per heavy atom. The van der Waals surface area contributed by atoms with E-state index in [1.54, 1.807) is 0 Å². The van der Waals surface area contributed by atoms with Crippen molar-refractivity contribution in [1.82, 2.24) is 14.8 Å². The maximum atomic E-state index is 4.04. The molecule has 0 radical (unpaired) electrons. The SMILES string of the molecule is CCn1c(C)cc(CNc2ccc3cn[nH]c3c2)c1C. The Bertz CT molecular complexity index is 736. The lowest BCUT2D eigenvalue weighted by molar-refractivity contribution is 0.715. The van der Waals surface area contributed by atoms with Gasteiger partial charge >= 0.3 is 0 Å². The third-order valence-corrected chi connectivity index (χ3v) is 3.92. The normalized spacial score (nSPS) is 11.2. The predicted octanol–water partition coefficient (Wildman–Crippen LogP) is 3.61. The summed E-state index contributed by atoms with van der Waals surface area (Å²) in [5.74, 6) is 0. The van der Waals surface area contributed by atoms with Crippen LogP contribution in [0, 0.1) is 13.8 Å². The second-order valence-electron chi connectivity index (χ2n) is 5.17. The highest BCUT2D eigenvalue weighted by Gasteiger charge is 2.07. The molecule has 0 fully saturated rings. The van der Waals surface area contributed by atoms with Crippen molar-refractivity contribution >= 4 is 16.6 Å². The van der Waals surface area contributed by atoms with E-state index < -0.39 is 0 Å². The standard InChI is InChI=1S/C16H20N4/c1-4-20-11(2)7-14(12(20)3)9-17-15-6-5-13-10-18-19-16(13)8-15/h5-8,10,17H,4,9H2,1-3H3,(H,18,19). The average Bonchev–Trinajstić information content (AvgIpc) is 3.00. The first kappa shape index (κ1) is 12.8. The largest absolute Gasteiger partial charge is 0.381 e. The maximum absolute atomic E-state index is 4.04. The van der Waals surface area contributed by atoms with Crippen molar-refractivity contribution in [1.29, 1.82) is 0 Å². The van der Waals surface area contributed by atoms with Crippen LogP contribution in [0.4, 0.5) is 5.69 Å². The number of aromatic nitrogens is 3. The highest BCUT2D eigenvalue weighted by Crippen LogP contribution is 2.19. The van der Waals surface area contributed by atoms with E-state index in [-0.39, 0.29) is 0 Å². The number of hydrogen-bond acceptors (Lipinski definition) is 2. The van der Waals surface area contributed by atoms with Crippen LogP contribution >= 0.6 is 0 Å². The summed E-state index contributed by atoms with van der Waals surface area (Å²) < 4.78 is 2.34. The number of aryl methyl sites for hydroxylation is 1. The van der Waals surface area contributed by atoms with Gasteiger partial charge in [0.2, 0.25) is 0 Å². The maximum Gasteiger partial charge on any atom is 0.0670 e. The van der Waals surface area contributed by atoms with Gasteiger partial charge in [-0.3, -0.25) is 5.10 Å². The molecule has 0 aliphatic rings. The van der Waals surface area contributed by atoms with Gasteiger partial charge in [0.1, 0.15) is 0 Å². The Kier molecular flexibility index (Phi) is 3.22. The van der Waals surface area contributed by atoms with Crippen LogP contribution < -0.4 is 5.32 Å². The number of aromatic amines is 1. The number of benzene rings is 1. The topological polar surface area (TPSA) is 45.6 Å². The van der Waals surface area contributed by atoms with E-state index in [1.165, 1.54) is 17.0 Å². The molecule has 1 aromatic carbocycles. The minimum Gasteiger partial charge on any atom is -0.381 e. The molecule has 0 spiro atoms. The summed E-state index contributed by atoms with van der Waals surface area (Å²) >= 11 is 0. The van der Waals surface area contributed by atoms with Crippen LogP contribution in [0.2, 0.25) is 0 Å². The number of nitrogens with zero attached hydrogens (tertiary/aromatic N) is 2. The fourth-order valence-electron chi connectivity index (χ4n) is 2.78. The molecule has 2 aromatic heterocycles. The van der Waals surface area contributed by atoms with Crippen molar-refractivity contribution in [3.63, 3.8) is 0 Å². The Morgan fingerprint density at radius 1 is 1.25 bits per heavy atom. The molecular weight excluding hydrogens is 248 g/mol. The van der Waals surface area contributed by atoms with Gasteiger partial charge in [0.25, 0.3) is 0 Å². The Labute approximate surface area is 118 Å². The van der Waals surface area contributed by atoms with Crippen molar-refractivity contribution in [3.05, 3.63) is 47.4 Å². The van der Waals surface area contributed by atoms with Gasteiger partial charge in [-0.15, -0.1) is 0 Å². The zero-order valence-electron chi connectivity index (χ0n) is 12.2. The Hall–Kier alpha value is -2.23. The van der Waals surface area contributed by atoms with Gasteiger partial charge in [0.05, 0.1) is 11.7 Å². The highest BCUT2D eigenvalue weighted by atomic mass is 15.1. The van der Waals surface area contributed by atoms with Crippen molar-refractivity contribution in [2.45, 2.75) is 33.9 Å². The van der Waals surface area contributed by atoms with Crippen LogP contribution in [0.25, 0.3) is 10.9 Å². The van der Waals surface area contributed by atoms with Gasteiger partial charge in [0.15, 0.2) is 0 Å². The van der Waals surface area contributed by atoms with Gasteiger partial charge in [-0.25, -0.2) is 0 Å². The molecule has 104 valence electrons. The third-order valence-electron chi connectivity index (χ3n) is 3.92. The number of nitrogens with one attached hydrogen (secondary N) is 2. The lowest BCUT2D eigenvalue weighted by atomic mass is 10.2. The summed E-state index contributed by atoms with van der Waals surface area (Å²) in [6.45, 7) is 8.41. The molecule has 4 nitrogen and oxygen atoms in total. The molecule has 2 heterocycles. The molecule has 0 aliphatic carbocycles. The summed E-state index contributed by atoms with van der Waals surface area (Å²) in [5, 5.41) is 11.7. The van der Waals surface area contributed by atoms with Crippen molar-refractivity contribution in [3.8, 4) is 0 Å². The number of anilines is 1. The van der Waals surface area contributed by atoms with Gasteiger partial charge in [-0.1, -0.05) is 0 Å². The average molecular weight is 268 g/mol. The predicted molar refractivity (Wildman–Crippen MR) is 83.0 cm³/mol. The molecule has 0 aliphatic heterocycles. The molecule has 0 amide bonds. The van der Waals surface area contributed by atoms with Crippen molar-refractivity contribution in [2.75, 3.05) is 5.32 Å². The number of hydrogen-bond donors (Lipinski definition) is 2.